The van der Waals surface area contributed by atoms with Gasteiger partial charge in [-0.15, -0.1) is 0 Å². The van der Waals surface area contributed by atoms with Crippen LogP contribution in [0.2, 0.25) is 0 Å². The molecule has 1 aromatic heterocycles. The van der Waals surface area contributed by atoms with Gasteiger partial charge in [-0.1, -0.05) is 6.92 Å². The van der Waals surface area contributed by atoms with E-state index in [4.69, 9.17) is 0 Å². The van der Waals surface area contributed by atoms with E-state index < -0.39 is 0 Å². The first kappa shape index (κ1) is 8.71. The SMILES string of the molecule is C=N/C=N\n1cc(CC)cc1C. The van der Waals surface area contributed by atoms with Crippen LogP contribution in [0.3, 0.4) is 0 Å². The summed E-state index contributed by atoms with van der Waals surface area (Å²) >= 11 is 0. The average Bonchev–Trinajstić information content (AvgIpc) is 2.43. The van der Waals surface area contributed by atoms with Crippen LogP contribution in [-0.4, -0.2) is 17.7 Å². The highest BCUT2D eigenvalue weighted by Crippen LogP contribution is 2.07. The number of aromatic nitrogens is 1. The minimum Gasteiger partial charge on any atom is -0.251 e. The maximum Gasteiger partial charge on any atom is 0.135 e. The summed E-state index contributed by atoms with van der Waals surface area (Å²) in [5.41, 5.74) is 2.40. The molecular formula is C9H13N3. The lowest BCUT2D eigenvalue weighted by Crippen LogP contribution is -1.87. The summed E-state index contributed by atoms with van der Waals surface area (Å²) in [6.07, 6.45) is 4.47. The van der Waals surface area contributed by atoms with Crippen molar-refractivity contribution < 1.29 is 0 Å². The van der Waals surface area contributed by atoms with Crippen LogP contribution < -0.4 is 0 Å². The summed E-state index contributed by atoms with van der Waals surface area (Å²) in [6.45, 7) is 7.45. The Morgan fingerprint density at radius 2 is 2.42 bits per heavy atom. The molecule has 0 aliphatic heterocycles. The summed E-state index contributed by atoms with van der Waals surface area (Å²) in [4.78, 5) is 3.54. The van der Waals surface area contributed by atoms with Crippen molar-refractivity contribution in [3.05, 3.63) is 23.5 Å². The molecule has 0 unspecified atom stereocenters. The van der Waals surface area contributed by atoms with Gasteiger partial charge in [0.1, 0.15) is 6.34 Å². The third-order valence-corrected chi connectivity index (χ3v) is 1.71. The Morgan fingerprint density at radius 3 is 2.92 bits per heavy atom. The van der Waals surface area contributed by atoms with Crippen molar-refractivity contribution in [1.29, 1.82) is 0 Å². The molecule has 3 heteroatoms. The zero-order valence-corrected chi connectivity index (χ0v) is 7.49. The Kier molecular flexibility index (Phi) is 2.80. The summed E-state index contributed by atoms with van der Waals surface area (Å²) in [7, 11) is 0. The third kappa shape index (κ3) is 1.81. The maximum absolute atomic E-state index is 4.06. The number of hydrogen-bond acceptors (Lipinski definition) is 1. The first-order valence-electron chi connectivity index (χ1n) is 3.94. The lowest BCUT2D eigenvalue weighted by molar-refractivity contribution is 0.848. The van der Waals surface area contributed by atoms with E-state index in [0.717, 1.165) is 12.1 Å². The van der Waals surface area contributed by atoms with Gasteiger partial charge in [0, 0.05) is 11.9 Å². The van der Waals surface area contributed by atoms with Gasteiger partial charge in [0.15, 0.2) is 0 Å². The molecular weight excluding hydrogens is 150 g/mol. The zero-order valence-electron chi connectivity index (χ0n) is 7.49. The Hall–Kier alpha value is -1.38. The van der Waals surface area contributed by atoms with Gasteiger partial charge in [-0.3, -0.25) is 4.99 Å². The van der Waals surface area contributed by atoms with Crippen molar-refractivity contribution in [2.24, 2.45) is 10.1 Å². The molecule has 0 bridgehead atoms. The van der Waals surface area contributed by atoms with Gasteiger partial charge >= 0.3 is 0 Å². The molecule has 0 atom stereocenters. The summed E-state index contributed by atoms with van der Waals surface area (Å²) in [5, 5.41) is 4.06. The highest BCUT2D eigenvalue weighted by molar-refractivity contribution is 5.61. The second-order valence-corrected chi connectivity index (χ2v) is 2.60. The summed E-state index contributed by atoms with van der Waals surface area (Å²) < 4.78 is 1.80. The van der Waals surface area contributed by atoms with Crippen molar-refractivity contribution in [3.8, 4) is 0 Å². The number of aliphatic imine (C=N–C) groups is 1. The minimum absolute atomic E-state index is 1.03. The molecule has 64 valence electrons. The molecule has 0 saturated heterocycles. The predicted molar refractivity (Wildman–Crippen MR) is 52.0 cm³/mol. The Labute approximate surface area is 72.4 Å². The van der Waals surface area contributed by atoms with Gasteiger partial charge in [-0.25, -0.2) is 4.68 Å². The molecule has 1 rings (SSSR count). The van der Waals surface area contributed by atoms with Gasteiger partial charge in [-0.2, -0.15) is 5.10 Å². The molecule has 1 heterocycles. The fourth-order valence-corrected chi connectivity index (χ4v) is 1.04. The standard InChI is InChI=1S/C9H13N3/c1-4-9-5-8(2)12(6-9)11-7-10-3/h5-7H,3-4H2,1-2H3/b11-7-. The van der Waals surface area contributed by atoms with Gasteiger partial charge in [0.25, 0.3) is 0 Å². The van der Waals surface area contributed by atoms with Crippen molar-refractivity contribution in [2.45, 2.75) is 20.3 Å². The zero-order chi connectivity index (χ0) is 8.97. The Bertz CT molecular complexity index is 297. The first-order chi connectivity index (χ1) is 5.77. The second-order valence-electron chi connectivity index (χ2n) is 2.60. The van der Waals surface area contributed by atoms with Crippen molar-refractivity contribution in [2.75, 3.05) is 0 Å². The molecule has 0 fully saturated rings. The van der Waals surface area contributed by atoms with Gasteiger partial charge in [-0.05, 0) is 31.7 Å². The summed E-state index contributed by atoms with van der Waals surface area (Å²) in [5.74, 6) is 0. The maximum atomic E-state index is 4.06. The highest BCUT2D eigenvalue weighted by Gasteiger charge is 1.97. The smallest absolute Gasteiger partial charge is 0.135 e. The molecule has 0 aliphatic rings. The van der Waals surface area contributed by atoms with E-state index in [0.29, 0.717) is 0 Å². The van der Waals surface area contributed by atoms with E-state index in [1.807, 2.05) is 13.1 Å². The van der Waals surface area contributed by atoms with Crippen molar-refractivity contribution >= 4 is 13.1 Å². The fourth-order valence-electron chi connectivity index (χ4n) is 1.04. The molecule has 0 aromatic carbocycles. The van der Waals surface area contributed by atoms with Crippen LogP contribution in [0.25, 0.3) is 0 Å². The largest absolute Gasteiger partial charge is 0.251 e. The van der Waals surface area contributed by atoms with E-state index in [1.54, 1.807) is 4.68 Å². The quantitative estimate of drug-likeness (QED) is 0.481. The van der Waals surface area contributed by atoms with Crippen molar-refractivity contribution in [1.82, 2.24) is 4.68 Å². The monoisotopic (exact) mass is 163 g/mol. The minimum atomic E-state index is 1.03. The van der Waals surface area contributed by atoms with Gasteiger partial charge < -0.3 is 0 Å². The lowest BCUT2D eigenvalue weighted by atomic mass is 10.2. The highest BCUT2D eigenvalue weighted by atomic mass is 15.3. The number of aryl methyl sites for hydroxylation is 2. The molecule has 0 spiro atoms. The Balaban J connectivity index is 2.91. The van der Waals surface area contributed by atoms with E-state index in [2.05, 4.69) is 29.8 Å². The topological polar surface area (TPSA) is 29.6 Å². The van der Waals surface area contributed by atoms with E-state index in [1.165, 1.54) is 11.9 Å². The number of rotatable bonds is 3. The molecule has 3 nitrogen and oxygen atoms in total. The molecule has 0 aliphatic carbocycles. The third-order valence-electron chi connectivity index (χ3n) is 1.71. The predicted octanol–water partition coefficient (Wildman–Crippen LogP) is 1.85. The molecule has 1 aromatic rings. The number of hydrogen-bond donors (Lipinski definition) is 0. The molecule has 0 saturated carbocycles. The molecule has 0 amide bonds. The first-order valence-corrected chi connectivity index (χ1v) is 3.94. The fraction of sp³-hybridized carbons (Fsp3) is 0.333. The van der Waals surface area contributed by atoms with Crippen LogP contribution in [0.5, 0.6) is 0 Å². The van der Waals surface area contributed by atoms with Crippen LogP contribution in [0.1, 0.15) is 18.2 Å². The van der Waals surface area contributed by atoms with Crippen LogP contribution in [0, 0.1) is 6.92 Å². The van der Waals surface area contributed by atoms with Crippen molar-refractivity contribution in [3.63, 3.8) is 0 Å². The lowest BCUT2D eigenvalue weighted by Gasteiger charge is -1.93. The Morgan fingerprint density at radius 1 is 1.67 bits per heavy atom. The van der Waals surface area contributed by atoms with Crippen LogP contribution in [-0.2, 0) is 6.42 Å². The van der Waals surface area contributed by atoms with Crippen LogP contribution in [0.15, 0.2) is 22.4 Å². The average molecular weight is 163 g/mol. The molecule has 0 radical (unpaired) electrons. The second kappa shape index (κ2) is 3.85. The van der Waals surface area contributed by atoms with E-state index in [9.17, 15) is 0 Å². The van der Waals surface area contributed by atoms with Crippen LogP contribution in [0.4, 0.5) is 0 Å². The molecule has 12 heavy (non-hydrogen) atoms. The van der Waals surface area contributed by atoms with E-state index in [-0.39, 0.29) is 0 Å². The van der Waals surface area contributed by atoms with Crippen LogP contribution >= 0.6 is 0 Å². The van der Waals surface area contributed by atoms with Gasteiger partial charge in [0.05, 0.1) is 0 Å². The van der Waals surface area contributed by atoms with E-state index >= 15 is 0 Å². The van der Waals surface area contributed by atoms with Gasteiger partial charge in [0.2, 0.25) is 0 Å². The number of nitrogens with zero attached hydrogens (tertiary/aromatic N) is 3. The summed E-state index contributed by atoms with van der Waals surface area (Å²) in [6, 6.07) is 2.11. The molecule has 0 N–H and O–H groups in total. The normalized spacial score (nSPS) is 10.8.